The second kappa shape index (κ2) is 6.44. The van der Waals surface area contributed by atoms with Crippen LogP contribution in [0.4, 0.5) is 4.39 Å². The van der Waals surface area contributed by atoms with Crippen LogP contribution in [0.2, 0.25) is 0 Å². The Balaban J connectivity index is 2.72. The van der Waals surface area contributed by atoms with E-state index in [0.29, 0.717) is 0 Å². The van der Waals surface area contributed by atoms with Gasteiger partial charge in [-0.2, -0.15) is 0 Å². The van der Waals surface area contributed by atoms with Crippen molar-refractivity contribution in [3.8, 4) is 0 Å². The van der Waals surface area contributed by atoms with Gasteiger partial charge in [-0.05, 0) is 43.5 Å². The Kier molecular flexibility index (Phi) is 5.54. The van der Waals surface area contributed by atoms with Gasteiger partial charge in [0.1, 0.15) is 5.82 Å². The molecule has 1 rings (SSSR count). The SMILES string of the molecule is CC(=CCCBr)Cc1cc(F)cc(Br)c1. The van der Waals surface area contributed by atoms with Crippen molar-refractivity contribution in [3.63, 3.8) is 0 Å². The first-order valence-corrected chi connectivity index (χ1v) is 6.70. The van der Waals surface area contributed by atoms with Crippen LogP contribution in [0.5, 0.6) is 0 Å². The van der Waals surface area contributed by atoms with Crippen molar-refractivity contribution < 1.29 is 4.39 Å². The molecule has 0 atom stereocenters. The van der Waals surface area contributed by atoms with Crippen molar-refractivity contribution in [3.05, 3.63) is 45.7 Å². The van der Waals surface area contributed by atoms with Gasteiger partial charge in [0.25, 0.3) is 0 Å². The first-order chi connectivity index (χ1) is 7.11. The molecular weight excluding hydrogens is 323 g/mol. The third-order valence-electron chi connectivity index (χ3n) is 2.01. The molecule has 0 nitrogen and oxygen atoms in total. The average molecular weight is 336 g/mol. The van der Waals surface area contributed by atoms with Gasteiger partial charge in [0.05, 0.1) is 0 Å². The lowest BCUT2D eigenvalue weighted by atomic mass is 10.1. The van der Waals surface area contributed by atoms with E-state index >= 15 is 0 Å². The van der Waals surface area contributed by atoms with Gasteiger partial charge in [-0.15, -0.1) is 0 Å². The number of benzene rings is 1. The second-order valence-electron chi connectivity index (χ2n) is 3.48. The predicted molar refractivity (Wildman–Crippen MR) is 70.0 cm³/mol. The highest BCUT2D eigenvalue weighted by Gasteiger charge is 1.99. The van der Waals surface area contributed by atoms with E-state index in [2.05, 4.69) is 44.9 Å². The molecule has 1 aromatic rings. The van der Waals surface area contributed by atoms with Crippen LogP contribution in [-0.4, -0.2) is 5.33 Å². The highest BCUT2D eigenvalue weighted by atomic mass is 79.9. The van der Waals surface area contributed by atoms with Gasteiger partial charge in [0.2, 0.25) is 0 Å². The van der Waals surface area contributed by atoms with E-state index in [4.69, 9.17) is 0 Å². The Morgan fingerprint density at radius 3 is 2.73 bits per heavy atom. The molecule has 82 valence electrons. The van der Waals surface area contributed by atoms with Gasteiger partial charge in [0.15, 0.2) is 0 Å². The van der Waals surface area contributed by atoms with E-state index in [0.717, 1.165) is 28.2 Å². The lowest BCUT2D eigenvalue weighted by molar-refractivity contribution is 0.625. The fraction of sp³-hybridized carbons (Fsp3) is 0.333. The van der Waals surface area contributed by atoms with Gasteiger partial charge in [-0.1, -0.05) is 43.5 Å². The van der Waals surface area contributed by atoms with Crippen LogP contribution in [0.3, 0.4) is 0 Å². The molecule has 0 aliphatic rings. The number of alkyl halides is 1. The first kappa shape index (κ1) is 12.9. The molecule has 0 radical (unpaired) electrons. The molecule has 0 amide bonds. The zero-order chi connectivity index (χ0) is 11.3. The molecule has 0 aliphatic heterocycles. The van der Waals surface area contributed by atoms with Crippen LogP contribution in [-0.2, 0) is 6.42 Å². The molecule has 0 bridgehead atoms. The van der Waals surface area contributed by atoms with Gasteiger partial charge in [-0.3, -0.25) is 0 Å². The van der Waals surface area contributed by atoms with Crippen molar-refractivity contribution in [1.29, 1.82) is 0 Å². The van der Waals surface area contributed by atoms with Crippen molar-refractivity contribution in [2.24, 2.45) is 0 Å². The maximum absolute atomic E-state index is 13.1. The fourth-order valence-corrected chi connectivity index (χ4v) is 2.15. The van der Waals surface area contributed by atoms with Gasteiger partial charge >= 0.3 is 0 Å². The summed E-state index contributed by atoms with van der Waals surface area (Å²) in [6, 6.07) is 5.01. The van der Waals surface area contributed by atoms with Crippen LogP contribution in [0.1, 0.15) is 18.9 Å². The predicted octanol–water partition coefficient (Wildman–Crippen LogP) is 4.86. The summed E-state index contributed by atoms with van der Waals surface area (Å²) in [5, 5.41) is 0.969. The zero-order valence-corrected chi connectivity index (χ0v) is 11.7. The van der Waals surface area contributed by atoms with E-state index < -0.39 is 0 Å². The van der Waals surface area contributed by atoms with Crippen LogP contribution in [0.25, 0.3) is 0 Å². The Morgan fingerprint density at radius 1 is 1.40 bits per heavy atom. The van der Waals surface area contributed by atoms with Crippen LogP contribution in [0.15, 0.2) is 34.3 Å². The van der Waals surface area contributed by atoms with E-state index in [1.807, 2.05) is 6.07 Å². The molecule has 1 aromatic carbocycles. The van der Waals surface area contributed by atoms with E-state index in [-0.39, 0.29) is 5.82 Å². The number of hydrogen-bond donors (Lipinski definition) is 0. The minimum absolute atomic E-state index is 0.187. The molecule has 0 fully saturated rings. The fourth-order valence-electron chi connectivity index (χ4n) is 1.41. The van der Waals surface area contributed by atoms with Crippen LogP contribution >= 0.6 is 31.9 Å². The molecule has 0 unspecified atom stereocenters. The van der Waals surface area contributed by atoms with E-state index in [1.54, 1.807) is 6.07 Å². The maximum Gasteiger partial charge on any atom is 0.124 e. The summed E-state index contributed by atoms with van der Waals surface area (Å²) in [6.07, 6.45) is 4.00. The lowest BCUT2D eigenvalue weighted by Gasteiger charge is -2.03. The normalized spacial score (nSPS) is 11.9. The highest BCUT2D eigenvalue weighted by molar-refractivity contribution is 9.10. The minimum atomic E-state index is -0.187. The summed E-state index contributed by atoms with van der Waals surface area (Å²) < 4.78 is 13.9. The molecule has 15 heavy (non-hydrogen) atoms. The lowest BCUT2D eigenvalue weighted by Crippen LogP contribution is -1.89. The molecule has 0 spiro atoms. The van der Waals surface area contributed by atoms with Crippen molar-refractivity contribution >= 4 is 31.9 Å². The Morgan fingerprint density at radius 2 is 2.13 bits per heavy atom. The third kappa shape index (κ3) is 4.94. The van der Waals surface area contributed by atoms with Gasteiger partial charge < -0.3 is 0 Å². The molecular formula is C12H13Br2F. The summed E-state index contributed by atoms with van der Waals surface area (Å²) >= 11 is 6.66. The van der Waals surface area contributed by atoms with Crippen molar-refractivity contribution in [2.45, 2.75) is 19.8 Å². The number of rotatable bonds is 4. The standard InChI is InChI=1S/C12H13Br2F/c1-9(3-2-4-13)5-10-6-11(14)8-12(15)7-10/h3,6-8H,2,4-5H2,1H3. The average Bonchev–Trinajstić information content (AvgIpc) is 2.13. The Hall–Kier alpha value is -0.150. The smallest absolute Gasteiger partial charge is 0.124 e. The van der Waals surface area contributed by atoms with Crippen molar-refractivity contribution in [1.82, 2.24) is 0 Å². The number of hydrogen-bond acceptors (Lipinski definition) is 0. The van der Waals surface area contributed by atoms with E-state index in [1.165, 1.54) is 11.6 Å². The minimum Gasteiger partial charge on any atom is -0.207 e. The largest absolute Gasteiger partial charge is 0.207 e. The molecule has 0 heterocycles. The summed E-state index contributed by atoms with van der Waals surface area (Å²) in [7, 11) is 0. The third-order valence-corrected chi connectivity index (χ3v) is 2.92. The van der Waals surface area contributed by atoms with Gasteiger partial charge in [-0.25, -0.2) is 4.39 Å². The summed E-state index contributed by atoms with van der Waals surface area (Å²) in [5.74, 6) is -0.187. The molecule has 0 N–H and O–H groups in total. The number of allylic oxidation sites excluding steroid dienone is 2. The monoisotopic (exact) mass is 334 g/mol. The molecule has 0 aromatic heterocycles. The molecule has 3 heteroatoms. The highest BCUT2D eigenvalue weighted by Crippen LogP contribution is 2.17. The Bertz CT molecular complexity index is 338. The first-order valence-electron chi connectivity index (χ1n) is 4.78. The summed E-state index contributed by atoms with van der Waals surface area (Å²) in [4.78, 5) is 0. The maximum atomic E-state index is 13.1. The summed E-state index contributed by atoms with van der Waals surface area (Å²) in [5.41, 5.74) is 2.28. The van der Waals surface area contributed by atoms with Crippen LogP contribution < -0.4 is 0 Å². The van der Waals surface area contributed by atoms with Crippen LogP contribution in [0, 0.1) is 5.82 Å². The molecule has 0 saturated heterocycles. The zero-order valence-electron chi connectivity index (χ0n) is 8.56. The molecule has 0 saturated carbocycles. The topological polar surface area (TPSA) is 0 Å². The number of halogens is 3. The second-order valence-corrected chi connectivity index (χ2v) is 5.19. The Labute approximate surface area is 107 Å². The van der Waals surface area contributed by atoms with E-state index in [9.17, 15) is 4.39 Å². The summed E-state index contributed by atoms with van der Waals surface area (Å²) in [6.45, 7) is 2.07. The molecule has 0 aliphatic carbocycles. The van der Waals surface area contributed by atoms with Crippen molar-refractivity contribution in [2.75, 3.05) is 5.33 Å². The van der Waals surface area contributed by atoms with Gasteiger partial charge in [0, 0.05) is 9.80 Å². The quantitative estimate of drug-likeness (QED) is 0.544.